The molecule has 0 spiro atoms. The normalized spacial score (nSPS) is 16.5. The highest BCUT2D eigenvalue weighted by molar-refractivity contribution is 5.76. The van der Waals surface area contributed by atoms with Crippen LogP contribution in [0.4, 0.5) is 0 Å². The fraction of sp³-hybridized carbons (Fsp3) is 0.316. The van der Waals surface area contributed by atoms with Gasteiger partial charge in [0.15, 0.2) is 0 Å². The molecule has 0 bridgehead atoms. The molecule has 1 saturated carbocycles. The highest BCUT2D eigenvalue weighted by Crippen LogP contribution is 2.33. The van der Waals surface area contributed by atoms with Gasteiger partial charge in [-0.1, -0.05) is 48.5 Å². The maximum atomic E-state index is 8.29. The second-order valence-corrected chi connectivity index (χ2v) is 6.23. The first-order valence-corrected chi connectivity index (χ1v) is 7.94. The summed E-state index contributed by atoms with van der Waals surface area (Å²) in [6.07, 6.45) is 2.50. The van der Waals surface area contributed by atoms with Crippen molar-refractivity contribution < 1.29 is 4.74 Å². The summed E-state index contributed by atoms with van der Waals surface area (Å²) in [5, 5.41) is 8.29. The van der Waals surface area contributed by atoms with E-state index in [4.69, 9.17) is 10.1 Å². The lowest BCUT2D eigenvalue weighted by Gasteiger charge is -2.23. The van der Waals surface area contributed by atoms with Crippen LogP contribution in [0.15, 0.2) is 48.5 Å². The predicted octanol–water partition coefficient (Wildman–Crippen LogP) is 4.03. The lowest BCUT2D eigenvalue weighted by molar-refractivity contribution is 0.210. The maximum absolute atomic E-state index is 8.29. The van der Waals surface area contributed by atoms with Crippen LogP contribution in [0.5, 0.6) is 0 Å². The van der Waals surface area contributed by atoms with Gasteiger partial charge in [0.25, 0.3) is 6.02 Å². The summed E-state index contributed by atoms with van der Waals surface area (Å²) in [7, 11) is 0. The van der Waals surface area contributed by atoms with Crippen LogP contribution in [0.2, 0.25) is 0 Å². The zero-order chi connectivity index (χ0) is 14.9. The third kappa shape index (κ3) is 2.59. The average molecular weight is 292 g/mol. The van der Waals surface area contributed by atoms with Gasteiger partial charge >= 0.3 is 0 Å². The van der Waals surface area contributed by atoms with Gasteiger partial charge in [-0.05, 0) is 41.0 Å². The summed E-state index contributed by atoms with van der Waals surface area (Å²) in [6.45, 7) is 2.15. The maximum Gasteiger partial charge on any atom is 0.285 e. The Kier molecular flexibility index (Phi) is 3.34. The van der Waals surface area contributed by atoms with Crippen LogP contribution in [-0.2, 0) is 17.8 Å². The number of fused-ring (bicyclic) bond motifs is 3. The highest BCUT2D eigenvalue weighted by atomic mass is 16.5. The molecule has 22 heavy (non-hydrogen) atoms. The smallest absolute Gasteiger partial charge is 0.285 e. The van der Waals surface area contributed by atoms with Crippen LogP contribution >= 0.6 is 0 Å². The molecule has 1 aliphatic carbocycles. The molecular weight excluding hydrogens is 272 g/mol. The average Bonchev–Trinajstić information content (AvgIpc) is 3.38. The Morgan fingerprint density at radius 3 is 2.05 bits per heavy atom. The lowest BCUT2D eigenvalue weighted by Crippen LogP contribution is -2.31. The molecule has 2 aromatic carbocycles. The molecule has 0 radical (unpaired) electrons. The Balaban J connectivity index is 1.65. The Hall–Kier alpha value is -2.29. The van der Waals surface area contributed by atoms with E-state index in [9.17, 15) is 0 Å². The van der Waals surface area contributed by atoms with Gasteiger partial charge < -0.3 is 9.64 Å². The van der Waals surface area contributed by atoms with Crippen molar-refractivity contribution in [1.82, 2.24) is 4.90 Å². The molecule has 0 saturated heterocycles. The van der Waals surface area contributed by atoms with Gasteiger partial charge in [-0.25, -0.2) is 0 Å². The number of ether oxygens (including phenoxy) is 1. The van der Waals surface area contributed by atoms with Gasteiger partial charge in [-0.2, -0.15) is 0 Å². The van der Waals surface area contributed by atoms with Gasteiger partial charge in [-0.15, -0.1) is 0 Å². The van der Waals surface area contributed by atoms with E-state index in [-0.39, 0.29) is 0 Å². The number of benzene rings is 2. The predicted molar refractivity (Wildman–Crippen MR) is 87.5 cm³/mol. The molecule has 0 atom stereocenters. The summed E-state index contributed by atoms with van der Waals surface area (Å²) in [5.74, 6) is 0.673. The van der Waals surface area contributed by atoms with Gasteiger partial charge in [0.2, 0.25) is 0 Å². The number of hydrogen-bond donors (Lipinski definition) is 1. The number of rotatable bonds is 2. The molecule has 3 heteroatoms. The number of hydrogen-bond acceptors (Lipinski definition) is 2. The van der Waals surface area contributed by atoms with Crippen molar-refractivity contribution in [3.63, 3.8) is 0 Å². The van der Waals surface area contributed by atoms with Crippen LogP contribution < -0.4 is 0 Å². The highest BCUT2D eigenvalue weighted by Gasteiger charge is 2.25. The fourth-order valence-electron chi connectivity index (χ4n) is 3.03. The minimum absolute atomic E-state index is 0.304. The first kappa shape index (κ1) is 13.4. The van der Waals surface area contributed by atoms with E-state index >= 15 is 0 Å². The summed E-state index contributed by atoms with van der Waals surface area (Å²) in [6, 6.07) is 17.3. The number of amidine groups is 1. The molecule has 112 valence electrons. The topological polar surface area (TPSA) is 36.3 Å². The zero-order valence-corrected chi connectivity index (χ0v) is 12.6. The Morgan fingerprint density at radius 1 is 0.955 bits per heavy atom. The largest absolute Gasteiger partial charge is 0.465 e. The van der Waals surface area contributed by atoms with E-state index in [1.807, 2.05) is 4.90 Å². The van der Waals surface area contributed by atoms with Crippen LogP contribution in [-0.4, -0.2) is 17.5 Å². The first-order valence-electron chi connectivity index (χ1n) is 7.94. The van der Waals surface area contributed by atoms with E-state index in [2.05, 4.69) is 48.5 Å². The zero-order valence-electron chi connectivity index (χ0n) is 12.6. The fourth-order valence-corrected chi connectivity index (χ4v) is 3.03. The third-order valence-corrected chi connectivity index (χ3v) is 4.49. The second kappa shape index (κ2) is 5.48. The van der Waals surface area contributed by atoms with Crippen LogP contribution in [0.1, 0.15) is 24.0 Å². The van der Waals surface area contributed by atoms with Crippen molar-refractivity contribution in [3.05, 3.63) is 59.7 Å². The van der Waals surface area contributed by atoms with E-state index in [1.54, 1.807) is 0 Å². The Bertz CT molecular complexity index is 659. The Labute approximate surface area is 131 Å². The van der Waals surface area contributed by atoms with Crippen molar-refractivity contribution in [2.24, 2.45) is 5.92 Å². The molecule has 0 aromatic heterocycles. The van der Waals surface area contributed by atoms with Gasteiger partial charge in [0, 0.05) is 13.1 Å². The van der Waals surface area contributed by atoms with E-state index < -0.39 is 0 Å². The minimum Gasteiger partial charge on any atom is -0.465 e. The molecule has 2 aliphatic rings. The van der Waals surface area contributed by atoms with Crippen molar-refractivity contribution in [3.8, 4) is 11.1 Å². The summed E-state index contributed by atoms with van der Waals surface area (Å²) < 4.78 is 5.70. The summed E-state index contributed by atoms with van der Waals surface area (Å²) in [4.78, 5) is 2.03. The van der Waals surface area contributed by atoms with Crippen molar-refractivity contribution in [1.29, 1.82) is 5.41 Å². The van der Waals surface area contributed by atoms with Crippen molar-refractivity contribution in [2.75, 3.05) is 6.61 Å². The Morgan fingerprint density at radius 2 is 1.50 bits per heavy atom. The molecule has 1 heterocycles. The number of nitrogens with zero attached hydrogens (tertiary/aromatic N) is 1. The quantitative estimate of drug-likeness (QED) is 0.670. The SMILES string of the molecule is N=C(OCC1CC1)N1Cc2ccccc2-c2ccccc2C1. The molecule has 1 N–H and O–H groups in total. The summed E-state index contributed by atoms with van der Waals surface area (Å²) >= 11 is 0. The van der Waals surface area contributed by atoms with Gasteiger partial charge in [-0.3, -0.25) is 5.41 Å². The molecule has 4 rings (SSSR count). The molecular formula is C19H20N2O. The molecule has 1 aliphatic heterocycles. The van der Waals surface area contributed by atoms with Gasteiger partial charge in [0.05, 0.1) is 6.61 Å². The van der Waals surface area contributed by atoms with Crippen molar-refractivity contribution >= 4 is 6.02 Å². The number of nitrogens with one attached hydrogen (secondary N) is 1. The van der Waals surface area contributed by atoms with Crippen molar-refractivity contribution in [2.45, 2.75) is 25.9 Å². The first-order chi connectivity index (χ1) is 10.8. The lowest BCUT2D eigenvalue weighted by atomic mass is 9.97. The van der Waals surface area contributed by atoms with E-state index in [1.165, 1.54) is 35.1 Å². The van der Waals surface area contributed by atoms with Gasteiger partial charge in [0.1, 0.15) is 0 Å². The van der Waals surface area contributed by atoms with Crippen LogP contribution in [0.25, 0.3) is 11.1 Å². The second-order valence-electron chi connectivity index (χ2n) is 6.23. The van der Waals surface area contributed by atoms with E-state index in [0.717, 1.165) is 13.1 Å². The minimum atomic E-state index is 0.304. The standard InChI is InChI=1S/C19H20N2O/c20-19(22-13-14-9-10-14)21-11-15-5-1-3-7-17(15)18-8-4-2-6-16(18)12-21/h1-8,14,20H,9-13H2. The molecule has 2 aromatic rings. The van der Waals surface area contributed by atoms with Crippen LogP contribution in [0.3, 0.4) is 0 Å². The van der Waals surface area contributed by atoms with E-state index in [0.29, 0.717) is 18.5 Å². The third-order valence-electron chi connectivity index (χ3n) is 4.49. The molecule has 0 unspecified atom stereocenters. The molecule has 0 amide bonds. The molecule has 1 fully saturated rings. The van der Waals surface area contributed by atoms with Crippen LogP contribution in [0, 0.1) is 11.3 Å². The summed E-state index contributed by atoms with van der Waals surface area (Å²) in [5.41, 5.74) is 5.06. The molecule has 3 nitrogen and oxygen atoms in total. The monoisotopic (exact) mass is 292 g/mol.